The van der Waals surface area contributed by atoms with Crippen molar-refractivity contribution in [1.29, 1.82) is 0 Å². The van der Waals surface area contributed by atoms with Gasteiger partial charge in [-0.05, 0) is 11.6 Å². The van der Waals surface area contributed by atoms with Crippen LogP contribution >= 0.6 is 0 Å². The van der Waals surface area contributed by atoms with Crippen molar-refractivity contribution in [3.05, 3.63) is 48.3 Å². The van der Waals surface area contributed by atoms with Crippen LogP contribution in [0.1, 0.15) is 10.5 Å². The van der Waals surface area contributed by atoms with Crippen molar-refractivity contribution in [2.75, 3.05) is 0 Å². The topological polar surface area (TPSA) is 68.0 Å². The predicted octanol–water partition coefficient (Wildman–Crippen LogP) is 2.33. The Hall–Kier alpha value is -2.69. The molecular weight excluding hydrogens is 242 g/mol. The Balaban J connectivity index is 2.24. The third-order valence-corrected chi connectivity index (χ3v) is 3.02. The highest BCUT2D eigenvalue weighted by atomic mass is 16.4. The molecule has 2 aromatic heterocycles. The number of carbonyl (C=O) groups is 1. The average molecular weight is 253 g/mol. The summed E-state index contributed by atoms with van der Waals surface area (Å²) in [5.41, 5.74) is 3.21. The van der Waals surface area contributed by atoms with Gasteiger partial charge in [-0.1, -0.05) is 30.3 Å². The lowest BCUT2D eigenvalue weighted by Gasteiger charge is -2.03. The van der Waals surface area contributed by atoms with Gasteiger partial charge in [0, 0.05) is 7.05 Å². The number of hydrogen-bond acceptors (Lipinski definition) is 3. The van der Waals surface area contributed by atoms with Gasteiger partial charge in [-0.15, -0.1) is 0 Å². The summed E-state index contributed by atoms with van der Waals surface area (Å²) >= 11 is 0. The summed E-state index contributed by atoms with van der Waals surface area (Å²) in [7, 11) is 1.85. The van der Waals surface area contributed by atoms with Crippen LogP contribution in [-0.4, -0.2) is 25.6 Å². The van der Waals surface area contributed by atoms with Gasteiger partial charge < -0.3 is 9.67 Å². The first-order chi connectivity index (χ1) is 9.16. The standard InChI is InChI=1S/C14H11N3O2/c1-17-12(9-5-3-2-4-6-9)7-10-13(17)16-11(8-15-10)14(18)19/h2-8H,1H3,(H,18,19). The smallest absolute Gasteiger partial charge is 0.356 e. The Morgan fingerprint density at radius 1 is 1.26 bits per heavy atom. The first-order valence-electron chi connectivity index (χ1n) is 5.78. The maximum Gasteiger partial charge on any atom is 0.356 e. The molecule has 0 bridgehead atoms. The molecule has 0 atom stereocenters. The Labute approximate surface area is 109 Å². The van der Waals surface area contributed by atoms with Gasteiger partial charge in [0.2, 0.25) is 0 Å². The number of hydrogen-bond donors (Lipinski definition) is 1. The number of aryl methyl sites for hydroxylation is 1. The van der Waals surface area contributed by atoms with Gasteiger partial charge >= 0.3 is 5.97 Å². The SMILES string of the molecule is Cn1c(-c2ccccc2)cc2ncc(C(=O)O)nc21. The molecule has 0 saturated heterocycles. The van der Waals surface area contributed by atoms with E-state index in [-0.39, 0.29) is 5.69 Å². The molecule has 1 N–H and O–H groups in total. The zero-order valence-corrected chi connectivity index (χ0v) is 10.2. The van der Waals surface area contributed by atoms with Crippen molar-refractivity contribution in [3.8, 4) is 11.3 Å². The van der Waals surface area contributed by atoms with Crippen LogP contribution in [0.25, 0.3) is 22.4 Å². The molecule has 0 fully saturated rings. The van der Waals surface area contributed by atoms with E-state index in [1.54, 1.807) is 0 Å². The first kappa shape index (κ1) is 11.4. The molecule has 0 aliphatic rings. The van der Waals surface area contributed by atoms with Gasteiger partial charge in [0.1, 0.15) is 5.52 Å². The van der Waals surface area contributed by atoms with E-state index >= 15 is 0 Å². The van der Waals surface area contributed by atoms with Crippen LogP contribution in [0.2, 0.25) is 0 Å². The van der Waals surface area contributed by atoms with Crippen LogP contribution in [0.3, 0.4) is 0 Å². The van der Waals surface area contributed by atoms with Crippen molar-refractivity contribution in [2.45, 2.75) is 0 Å². The fourth-order valence-electron chi connectivity index (χ4n) is 2.07. The molecule has 0 unspecified atom stereocenters. The molecule has 0 saturated carbocycles. The largest absolute Gasteiger partial charge is 0.476 e. The second kappa shape index (κ2) is 4.20. The van der Waals surface area contributed by atoms with Crippen LogP contribution in [0.4, 0.5) is 0 Å². The highest BCUT2D eigenvalue weighted by Gasteiger charge is 2.13. The number of benzene rings is 1. The van der Waals surface area contributed by atoms with E-state index < -0.39 is 5.97 Å². The van der Waals surface area contributed by atoms with E-state index in [9.17, 15) is 4.79 Å². The number of aromatic carboxylic acids is 1. The number of carboxylic acids is 1. The fourth-order valence-corrected chi connectivity index (χ4v) is 2.07. The minimum absolute atomic E-state index is 0.0479. The Kier molecular flexibility index (Phi) is 2.52. The van der Waals surface area contributed by atoms with Crippen LogP contribution in [0, 0.1) is 0 Å². The summed E-state index contributed by atoms with van der Waals surface area (Å²) < 4.78 is 1.85. The van der Waals surface area contributed by atoms with Crippen molar-refractivity contribution < 1.29 is 9.90 Å². The van der Waals surface area contributed by atoms with Gasteiger partial charge in [-0.3, -0.25) is 4.98 Å². The monoisotopic (exact) mass is 253 g/mol. The summed E-state index contributed by atoms with van der Waals surface area (Å²) in [6, 6.07) is 11.8. The van der Waals surface area contributed by atoms with Crippen LogP contribution in [0.15, 0.2) is 42.6 Å². The molecule has 5 nitrogen and oxygen atoms in total. The van der Waals surface area contributed by atoms with Gasteiger partial charge in [0.15, 0.2) is 11.3 Å². The molecule has 1 aromatic carbocycles. The van der Waals surface area contributed by atoms with Crippen LogP contribution < -0.4 is 0 Å². The minimum Gasteiger partial charge on any atom is -0.476 e. The Bertz CT molecular complexity index is 763. The van der Waals surface area contributed by atoms with Crippen molar-refractivity contribution >= 4 is 17.1 Å². The number of fused-ring (bicyclic) bond motifs is 1. The van der Waals surface area contributed by atoms with E-state index in [4.69, 9.17) is 5.11 Å². The summed E-state index contributed by atoms with van der Waals surface area (Å²) in [6.07, 6.45) is 1.28. The highest BCUT2D eigenvalue weighted by Crippen LogP contribution is 2.24. The molecule has 0 radical (unpaired) electrons. The summed E-state index contributed by atoms with van der Waals surface area (Å²) in [5.74, 6) is -1.07. The summed E-state index contributed by atoms with van der Waals surface area (Å²) in [5, 5.41) is 8.95. The van der Waals surface area contributed by atoms with Crippen molar-refractivity contribution in [1.82, 2.24) is 14.5 Å². The molecule has 2 heterocycles. The van der Waals surface area contributed by atoms with Crippen LogP contribution in [0.5, 0.6) is 0 Å². The zero-order valence-electron chi connectivity index (χ0n) is 10.2. The van der Waals surface area contributed by atoms with E-state index in [1.165, 1.54) is 6.20 Å². The maximum absolute atomic E-state index is 10.9. The maximum atomic E-state index is 10.9. The van der Waals surface area contributed by atoms with E-state index in [2.05, 4.69) is 9.97 Å². The second-order valence-corrected chi connectivity index (χ2v) is 4.22. The molecule has 0 spiro atoms. The predicted molar refractivity (Wildman–Crippen MR) is 70.9 cm³/mol. The van der Waals surface area contributed by atoms with Crippen molar-refractivity contribution in [3.63, 3.8) is 0 Å². The molecule has 0 amide bonds. The lowest BCUT2D eigenvalue weighted by atomic mass is 10.1. The summed E-state index contributed by atoms with van der Waals surface area (Å²) in [6.45, 7) is 0. The van der Waals surface area contributed by atoms with E-state index in [1.807, 2.05) is 48.0 Å². The lowest BCUT2D eigenvalue weighted by molar-refractivity contribution is 0.0690. The quantitative estimate of drug-likeness (QED) is 0.761. The van der Waals surface area contributed by atoms with E-state index in [0.29, 0.717) is 11.2 Å². The molecule has 0 aliphatic heterocycles. The van der Waals surface area contributed by atoms with Gasteiger partial charge in [-0.2, -0.15) is 0 Å². The minimum atomic E-state index is -1.07. The van der Waals surface area contributed by atoms with Gasteiger partial charge in [-0.25, -0.2) is 9.78 Å². The molecule has 5 heteroatoms. The molecule has 0 aliphatic carbocycles. The second-order valence-electron chi connectivity index (χ2n) is 4.22. The zero-order chi connectivity index (χ0) is 13.4. The summed E-state index contributed by atoms with van der Waals surface area (Å²) in [4.78, 5) is 19.2. The van der Waals surface area contributed by atoms with Gasteiger partial charge in [0.25, 0.3) is 0 Å². The first-order valence-corrected chi connectivity index (χ1v) is 5.78. The molecular formula is C14H11N3O2. The molecule has 94 valence electrons. The van der Waals surface area contributed by atoms with Crippen LogP contribution in [-0.2, 0) is 7.05 Å². The number of carboxylic acid groups (broad SMARTS) is 1. The normalized spacial score (nSPS) is 10.8. The third-order valence-electron chi connectivity index (χ3n) is 3.02. The highest BCUT2D eigenvalue weighted by molar-refractivity contribution is 5.88. The number of nitrogens with zero attached hydrogens (tertiary/aromatic N) is 3. The fraction of sp³-hybridized carbons (Fsp3) is 0.0714. The molecule has 19 heavy (non-hydrogen) atoms. The Morgan fingerprint density at radius 2 is 2.00 bits per heavy atom. The van der Waals surface area contributed by atoms with Crippen molar-refractivity contribution in [2.24, 2.45) is 7.05 Å². The molecule has 3 rings (SSSR count). The van der Waals surface area contributed by atoms with Gasteiger partial charge in [0.05, 0.1) is 11.9 Å². The molecule has 3 aromatic rings. The average Bonchev–Trinajstić information content (AvgIpc) is 2.77. The number of aromatic nitrogens is 3. The number of rotatable bonds is 2. The van der Waals surface area contributed by atoms with E-state index in [0.717, 1.165) is 11.3 Å². The Morgan fingerprint density at radius 3 is 2.68 bits per heavy atom. The lowest BCUT2D eigenvalue weighted by Crippen LogP contribution is -2.03. The third kappa shape index (κ3) is 1.85.